The number of ether oxygens (including phenoxy) is 1. The van der Waals surface area contributed by atoms with E-state index in [0.717, 1.165) is 24.3 Å². The van der Waals surface area contributed by atoms with Crippen molar-refractivity contribution in [2.75, 3.05) is 18.5 Å². The van der Waals surface area contributed by atoms with Crippen molar-refractivity contribution >= 4 is 11.6 Å². The average molecular weight is 262 g/mol. The van der Waals surface area contributed by atoms with Crippen LogP contribution in [-0.2, 0) is 9.53 Å². The second kappa shape index (κ2) is 5.72. The third kappa shape index (κ3) is 3.55. The second-order valence-corrected chi connectivity index (χ2v) is 5.45. The predicted octanol–water partition coefficient (Wildman–Crippen LogP) is 2.09. The SMILES string of the molecule is Cc1cccc(NC(=O)CNC2(C)CCOC2C)c1. The molecule has 1 aliphatic heterocycles. The van der Waals surface area contributed by atoms with Crippen LogP contribution >= 0.6 is 0 Å². The number of carbonyl (C=O) groups is 1. The highest BCUT2D eigenvalue weighted by atomic mass is 16.5. The van der Waals surface area contributed by atoms with Crippen molar-refractivity contribution in [1.29, 1.82) is 0 Å². The number of rotatable bonds is 4. The molecule has 2 N–H and O–H groups in total. The summed E-state index contributed by atoms with van der Waals surface area (Å²) in [7, 11) is 0. The molecule has 1 heterocycles. The maximum atomic E-state index is 11.9. The maximum absolute atomic E-state index is 11.9. The molecule has 0 spiro atoms. The molecule has 2 rings (SSSR count). The summed E-state index contributed by atoms with van der Waals surface area (Å²) in [5, 5.41) is 6.20. The normalized spacial score (nSPS) is 26.4. The number of hydrogen-bond acceptors (Lipinski definition) is 3. The van der Waals surface area contributed by atoms with Gasteiger partial charge in [0.2, 0.25) is 5.91 Å². The lowest BCUT2D eigenvalue weighted by atomic mass is 9.95. The van der Waals surface area contributed by atoms with E-state index in [0.29, 0.717) is 6.54 Å². The molecule has 1 saturated heterocycles. The van der Waals surface area contributed by atoms with Gasteiger partial charge in [-0.1, -0.05) is 12.1 Å². The Morgan fingerprint density at radius 2 is 2.32 bits per heavy atom. The quantitative estimate of drug-likeness (QED) is 0.873. The molecule has 2 atom stereocenters. The molecule has 0 aromatic heterocycles. The molecule has 1 aromatic carbocycles. The van der Waals surface area contributed by atoms with Crippen LogP contribution in [0, 0.1) is 6.92 Å². The van der Waals surface area contributed by atoms with E-state index in [-0.39, 0.29) is 17.6 Å². The topological polar surface area (TPSA) is 50.4 Å². The molecule has 19 heavy (non-hydrogen) atoms. The fraction of sp³-hybridized carbons (Fsp3) is 0.533. The monoisotopic (exact) mass is 262 g/mol. The summed E-state index contributed by atoms with van der Waals surface area (Å²) in [6.07, 6.45) is 1.07. The van der Waals surface area contributed by atoms with Crippen molar-refractivity contribution in [2.45, 2.75) is 38.8 Å². The van der Waals surface area contributed by atoms with E-state index in [9.17, 15) is 4.79 Å². The van der Waals surface area contributed by atoms with Gasteiger partial charge in [0.1, 0.15) is 0 Å². The number of anilines is 1. The van der Waals surface area contributed by atoms with Crippen LogP contribution in [0.2, 0.25) is 0 Å². The molecule has 4 heteroatoms. The molecular weight excluding hydrogens is 240 g/mol. The molecule has 104 valence electrons. The summed E-state index contributed by atoms with van der Waals surface area (Å²) < 4.78 is 5.54. The Labute approximate surface area is 114 Å². The van der Waals surface area contributed by atoms with Gasteiger partial charge in [0.25, 0.3) is 0 Å². The highest BCUT2D eigenvalue weighted by Gasteiger charge is 2.36. The van der Waals surface area contributed by atoms with Gasteiger partial charge >= 0.3 is 0 Å². The molecule has 0 bridgehead atoms. The van der Waals surface area contributed by atoms with Gasteiger partial charge in [-0.05, 0) is 44.9 Å². The van der Waals surface area contributed by atoms with Gasteiger partial charge in [0.05, 0.1) is 12.6 Å². The van der Waals surface area contributed by atoms with Crippen LogP contribution in [-0.4, -0.2) is 30.7 Å². The molecule has 1 aliphatic rings. The lowest BCUT2D eigenvalue weighted by molar-refractivity contribution is -0.115. The number of hydrogen-bond donors (Lipinski definition) is 2. The molecule has 2 unspecified atom stereocenters. The fourth-order valence-electron chi connectivity index (χ4n) is 2.28. The van der Waals surface area contributed by atoms with E-state index in [1.165, 1.54) is 0 Å². The van der Waals surface area contributed by atoms with Crippen LogP contribution in [0.3, 0.4) is 0 Å². The Balaban J connectivity index is 1.85. The summed E-state index contributed by atoms with van der Waals surface area (Å²) in [5.41, 5.74) is 1.87. The van der Waals surface area contributed by atoms with Crippen LogP contribution in [0.4, 0.5) is 5.69 Å². The smallest absolute Gasteiger partial charge is 0.238 e. The van der Waals surface area contributed by atoms with Crippen LogP contribution < -0.4 is 10.6 Å². The standard InChI is InChI=1S/C15H22N2O2/c1-11-5-4-6-13(9-11)17-14(18)10-16-15(3)7-8-19-12(15)2/h4-6,9,12,16H,7-8,10H2,1-3H3,(H,17,18). The van der Waals surface area contributed by atoms with Crippen molar-refractivity contribution in [2.24, 2.45) is 0 Å². The Bertz CT molecular complexity index is 461. The van der Waals surface area contributed by atoms with Crippen molar-refractivity contribution in [3.8, 4) is 0 Å². The van der Waals surface area contributed by atoms with E-state index in [2.05, 4.69) is 17.6 Å². The number of benzene rings is 1. The molecule has 0 radical (unpaired) electrons. The molecule has 0 saturated carbocycles. The molecule has 1 amide bonds. The second-order valence-electron chi connectivity index (χ2n) is 5.45. The van der Waals surface area contributed by atoms with E-state index < -0.39 is 0 Å². The van der Waals surface area contributed by atoms with Gasteiger partial charge in [-0.25, -0.2) is 0 Å². The van der Waals surface area contributed by atoms with Gasteiger partial charge < -0.3 is 15.4 Å². The summed E-state index contributed by atoms with van der Waals surface area (Å²) >= 11 is 0. The largest absolute Gasteiger partial charge is 0.377 e. The Morgan fingerprint density at radius 1 is 1.53 bits per heavy atom. The van der Waals surface area contributed by atoms with E-state index in [1.54, 1.807) is 0 Å². The van der Waals surface area contributed by atoms with Crippen LogP contribution in [0.15, 0.2) is 24.3 Å². The van der Waals surface area contributed by atoms with Crippen LogP contribution in [0.25, 0.3) is 0 Å². The summed E-state index contributed by atoms with van der Waals surface area (Å²) in [4.78, 5) is 11.9. The van der Waals surface area contributed by atoms with Crippen molar-refractivity contribution in [3.63, 3.8) is 0 Å². The third-order valence-electron chi connectivity index (χ3n) is 3.84. The number of carbonyl (C=O) groups excluding carboxylic acids is 1. The van der Waals surface area contributed by atoms with Gasteiger partial charge in [-0.2, -0.15) is 0 Å². The van der Waals surface area contributed by atoms with E-state index in [4.69, 9.17) is 4.74 Å². The zero-order valence-corrected chi connectivity index (χ0v) is 11.8. The Morgan fingerprint density at radius 3 is 2.95 bits per heavy atom. The highest BCUT2D eigenvalue weighted by Crippen LogP contribution is 2.24. The van der Waals surface area contributed by atoms with Gasteiger partial charge in [-0.15, -0.1) is 0 Å². The third-order valence-corrected chi connectivity index (χ3v) is 3.84. The minimum absolute atomic E-state index is 0.0223. The lowest BCUT2D eigenvalue weighted by Gasteiger charge is -2.28. The summed E-state index contributed by atoms with van der Waals surface area (Å²) in [6.45, 7) is 7.21. The van der Waals surface area contributed by atoms with Crippen LogP contribution in [0.5, 0.6) is 0 Å². The summed E-state index contributed by atoms with van der Waals surface area (Å²) in [6, 6.07) is 7.80. The molecular formula is C15H22N2O2. The number of nitrogens with one attached hydrogen (secondary N) is 2. The molecule has 1 fully saturated rings. The van der Waals surface area contributed by atoms with E-state index >= 15 is 0 Å². The first-order valence-electron chi connectivity index (χ1n) is 6.73. The molecule has 0 aliphatic carbocycles. The Kier molecular flexibility index (Phi) is 4.22. The lowest BCUT2D eigenvalue weighted by Crippen LogP contribution is -2.50. The molecule has 4 nitrogen and oxygen atoms in total. The maximum Gasteiger partial charge on any atom is 0.238 e. The Hall–Kier alpha value is -1.39. The number of amides is 1. The highest BCUT2D eigenvalue weighted by molar-refractivity contribution is 5.92. The first-order chi connectivity index (χ1) is 8.99. The zero-order valence-electron chi connectivity index (χ0n) is 11.8. The van der Waals surface area contributed by atoms with E-state index in [1.807, 2.05) is 38.1 Å². The van der Waals surface area contributed by atoms with Crippen molar-refractivity contribution in [1.82, 2.24) is 5.32 Å². The molecule has 1 aromatic rings. The average Bonchev–Trinajstić information content (AvgIpc) is 2.68. The predicted molar refractivity (Wildman–Crippen MR) is 76.2 cm³/mol. The zero-order chi connectivity index (χ0) is 13.9. The van der Waals surface area contributed by atoms with Crippen LogP contribution in [0.1, 0.15) is 25.8 Å². The first-order valence-corrected chi connectivity index (χ1v) is 6.73. The van der Waals surface area contributed by atoms with Gasteiger partial charge in [-0.3, -0.25) is 4.79 Å². The number of aryl methyl sites for hydroxylation is 1. The van der Waals surface area contributed by atoms with Gasteiger partial charge in [0, 0.05) is 17.8 Å². The van der Waals surface area contributed by atoms with Crippen molar-refractivity contribution < 1.29 is 9.53 Å². The summed E-state index contributed by atoms with van der Waals surface area (Å²) in [5.74, 6) is -0.0223. The first kappa shape index (κ1) is 14.0. The fourth-order valence-corrected chi connectivity index (χ4v) is 2.28. The van der Waals surface area contributed by atoms with Gasteiger partial charge in [0.15, 0.2) is 0 Å². The minimum Gasteiger partial charge on any atom is -0.377 e. The minimum atomic E-state index is -0.107. The van der Waals surface area contributed by atoms with Crippen molar-refractivity contribution in [3.05, 3.63) is 29.8 Å².